The van der Waals surface area contributed by atoms with E-state index in [1.807, 2.05) is 30.3 Å². The molecule has 0 spiro atoms. The first kappa shape index (κ1) is 15.7. The van der Waals surface area contributed by atoms with Crippen molar-refractivity contribution in [1.82, 2.24) is 0 Å². The fourth-order valence-corrected chi connectivity index (χ4v) is 3.09. The van der Waals surface area contributed by atoms with E-state index in [9.17, 15) is 4.79 Å². The van der Waals surface area contributed by atoms with E-state index in [-0.39, 0.29) is 37.9 Å². The SMILES string of the molecule is COc1c(Cl)c(OC)c2c(=O)cc(-c3ccccc3)oc2c1Cl. The van der Waals surface area contributed by atoms with E-state index in [0.29, 0.717) is 5.76 Å². The van der Waals surface area contributed by atoms with Crippen LogP contribution in [-0.4, -0.2) is 14.2 Å². The van der Waals surface area contributed by atoms with Crippen molar-refractivity contribution < 1.29 is 13.9 Å². The molecule has 1 aromatic heterocycles. The molecule has 0 amide bonds. The third-order valence-corrected chi connectivity index (χ3v) is 4.13. The Kier molecular flexibility index (Phi) is 4.20. The van der Waals surface area contributed by atoms with Crippen LogP contribution < -0.4 is 14.9 Å². The third kappa shape index (κ3) is 2.54. The van der Waals surface area contributed by atoms with Gasteiger partial charge in [-0.15, -0.1) is 0 Å². The highest BCUT2D eigenvalue weighted by molar-refractivity contribution is 6.42. The lowest BCUT2D eigenvalue weighted by atomic mass is 10.1. The van der Waals surface area contributed by atoms with E-state index in [2.05, 4.69) is 0 Å². The predicted molar refractivity (Wildman–Crippen MR) is 91.0 cm³/mol. The summed E-state index contributed by atoms with van der Waals surface area (Å²) >= 11 is 12.5. The molecular weight excluding hydrogens is 339 g/mol. The molecule has 0 aliphatic carbocycles. The normalized spacial score (nSPS) is 10.8. The van der Waals surface area contributed by atoms with Gasteiger partial charge in [-0.05, 0) is 0 Å². The molecular formula is C17H12Cl2O4. The summed E-state index contributed by atoms with van der Waals surface area (Å²) in [5.74, 6) is 0.777. The van der Waals surface area contributed by atoms with Crippen LogP contribution in [0.1, 0.15) is 0 Å². The lowest BCUT2D eigenvalue weighted by molar-refractivity contribution is 0.397. The van der Waals surface area contributed by atoms with E-state index < -0.39 is 0 Å². The molecule has 0 saturated heterocycles. The Morgan fingerprint density at radius 2 is 1.61 bits per heavy atom. The molecule has 0 bridgehead atoms. The predicted octanol–water partition coefficient (Wildman–Crippen LogP) is 4.78. The zero-order valence-corrected chi connectivity index (χ0v) is 13.9. The summed E-state index contributed by atoms with van der Waals surface area (Å²) in [6.07, 6.45) is 0. The van der Waals surface area contributed by atoms with Crippen LogP contribution in [0.25, 0.3) is 22.3 Å². The van der Waals surface area contributed by atoms with Crippen molar-refractivity contribution in [3.05, 3.63) is 56.7 Å². The second-order valence-electron chi connectivity index (χ2n) is 4.74. The number of ether oxygens (including phenoxy) is 2. The van der Waals surface area contributed by atoms with Gasteiger partial charge in [0, 0.05) is 11.6 Å². The van der Waals surface area contributed by atoms with E-state index in [0.717, 1.165) is 5.56 Å². The van der Waals surface area contributed by atoms with Gasteiger partial charge in [-0.3, -0.25) is 4.79 Å². The third-order valence-electron chi connectivity index (χ3n) is 3.44. The van der Waals surface area contributed by atoms with E-state index in [1.54, 1.807) is 0 Å². The van der Waals surface area contributed by atoms with Crippen LogP contribution in [0.5, 0.6) is 11.5 Å². The molecule has 0 unspecified atom stereocenters. The highest BCUT2D eigenvalue weighted by Gasteiger charge is 2.23. The van der Waals surface area contributed by atoms with Gasteiger partial charge in [0.15, 0.2) is 22.5 Å². The molecule has 3 aromatic rings. The molecule has 2 aromatic carbocycles. The molecule has 6 heteroatoms. The van der Waals surface area contributed by atoms with Gasteiger partial charge in [-0.2, -0.15) is 0 Å². The van der Waals surface area contributed by atoms with Crippen LogP contribution in [0.15, 0.2) is 45.6 Å². The van der Waals surface area contributed by atoms with Crippen molar-refractivity contribution in [1.29, 1.82) is 0 Å². The van der Waals surface area contributed by atoms with E-state index >= 15 is 0 Å². The molecule has 0 fully saturated rings. The van der Waals surface area contributed by atoms with Gasteiger partial charge in [-0.25, -0.2) is 0 Å². The van der Waals surface area contributed by atoms with Crippen LogP contribution >= 0.6 is 23.2 Å². The maximum atomic E-state index is 12.6. The van der Waals surface area contributed by atoms with Crippen LogP contribution in [0.2, 0.25) is 10.0 Å². The largest absolute Gasteiger partial charge is 0.494 e. The molecule has 23 heavy (non-hydrogen) atoms. The lowest BCUT2D eigenvalue weighted by Crippen LogP contribution is -2.05. The minimum Gasteiger partial charge on any atom is -0.494 e. The average Bonchev–Trinajstić information content (AvgIpc) is 2.57. The molecule has 0 N–H and O–H groups in total. The first-order valence-corrected chi connectivity index (χ1v) is 7.46. The molecule has 0 aliphatic rings. The Balaban J connectivity index is 2.43. The van der Waals surface area contributed by atoms with Gasteiger partial charge in [0.05, 0.1) is 14.2 Å². The maximum Gasteiger partial charge on any atom is 0.197 e. The highest BCUT2D eigenvalue weighted by atomic mass is 35.5. The molecule has 0 aliphatic heterocycles. The Morgan fingerprint density at radius 3 is 2.22 bits per heavy atom. The van der Waals surface area contributed by atoms with Crippen molar-refractivity contribution in [2.75, 3.05) is 14.2 Å². The van der Waals surface area contributed by atoms with Crippen molar-refractivity contribution in [3.8, 4) is 22.8 Å². The quantitative estimate of drug-likeness (QED) is 0.681. The van der Waals surface area contributed by atoms with E-state index in [4.69, 9.17) is 37.1 Å². The second kappa shape index (κ2) is 6.14. The summed E-state index contributed by atoms with van der Waals surface area (Å²) in [6, 6.07) is 10.6. The first-order valence-electron chi connectivity index (χ1n) is 6.70. The standard InChI is InChI=1S/C17H12Cl2O4/c1-21-15-12-10(20)8-11(9-6-4-3-5-7-9)23-16(12)14(19)17(22-2)13(15)18/h3-8H,1-2H3. The van der Waals surface area contributed by atoms with Gasteiger partial charge < -0.3 is 13.9 Å². The number of halogens is 2. The van der Waals surface area contributed by atoms with Crippen LogP contribution in [0.3, 0.4) is 0 Å². The topological polar surface area (TPSA) is 48.7 Å². The summed E-state index contributed by atoms with van der Waals surface area (Å²) in [5.41, 5.74) is 0.639. The number of hydrogen-bond donors (Lipinski definition) is 0. The van der Waals surface area contributed by atoms with Gasteiger partial charge in [-0.1, -0.05) is 53.5 Å². The van der Waals surface area contributed by atoms with Crippen LogP contribution in [0, 0.1) is 0 Å². The van der Waals surface area contributed by atoms with Crippen molar-refractivity contribution in [3.63, 3.8) is 0 Å². The maximum absolute atomic E-state index is 12.6. The number of fused-ring (bicyclic) bond motifs is 1. The fourth-order valence-electron chi connectivity index (χ4n) is 2.39. The second-order valence-corrected chi connectivity index (χ2v) is 5.50. The van der Waals surface area contributed by atoms with Crippen molar-refractivity contribution in [2.45, 2.75) is 0 Å². The molecule has 0 atom stereocenters. The monoisotopic (exact) mass is 350 g/mol. The van der Waals surface area contributed by atoms with Gasteiger partial charge in [0.25, 0.3) is 0 Å². The molecule has 4 nitrogen and oxygen atoms in total. The Labute approximate surface area is 142 Å². The molecule has 118 valence electrons. The summed E-state index contributed by atoms with van der Waals surface area (Å²) < 4.78 is 16.3. The smallest absolute Gasteiger partial charge is 0.197 e. The minimum atomic E-state index is -0.298. The number of hydrogen-bond acceptors (Lipinski definition) is 4. The first-order chi connectivity index (χ1) is 11.1. The Bertz CT molecular complexity index is 933. The highest BCUT2D eigenvalue weighted by Crippen LogP contribution is 2.46. The molecule has 1 heterocycles. The number of benzene rings is 2. The fraction of sp³-hybridized carbons (Fsp3) is 0.118. The summed E-state index contributed by atoms with van der Waals surface area (Å²) in [7, 11) is 2.84. The van der Waals surface area contributed by atoms with Crippen LogP contribution in [0.4, 0.5) is 0 Å². The van der Waals surface area contributed by atoms with Gasteiger partial charge in [0.2, 0.25) is 0 Å². The van der Waals surface area contributed by atoms with E-state index in [1.165, 1.54) is 20.3 Å². The summed E-state index contributed by atoms with van der Waals surface area (Å²) in [4.78, 5) is 12.6. The van der Waals surface area contributed by atoms with Crippen molar-refractivity contribution in [2.24, 2.45) is 0 Å². The Morgan fingerprint density at radius 1 is 0.957 bits per heavy atom. The van der Waals surface area contributed by atoms with Crippen molar-refractivity contribution >= 4 is 34.2 Å². The molecule has 0 saturated carbocycles. The zero-order chi connectivity index (χ0) is 16.6. The summed E-state index contributed by atoms with van der Waals surface area (Å²) in [6.45, 7) is 0. The molecule has 3 rings (SSSR count). The zero-order valence-electron chi connectivity index (χ0n) is 12.4. The minimum absolute atomic E-state index is 0.128. The summed E-state index contributed by atoms with van der Waals surface area (Å²) in [5, 5.41) is 0.443. The van der Waals surface area contributed by atoms with Crippen LogP contribution in [-0.2, 0) is 0 Å². The lowest BCUT2D eigenvalue weighted by Gasteiger charge is -2.13. The van der Waals surface area contributed by atoms with Gasteiger partial charge >= 0.3 is 0 Å². The number of methoxy groups -OCH3 is 2. The molecule has 0 radical (unpaired) electrons. The Hall–Kier alpha value is -2.17. The van der Waals surface area contributed by atoms with Gasteiger partial charge in [0.1, 0.15) is 21.2 Å². The average molecular weight is 351 g/mol. The number of rotatable bonds is 3.